The predicted molar refractivity (Wildman–Crippen MR) is 106 cm³/mol. The molecule has 1 N–H and O–H groups in total. The molecule has 1 saturated heterocycles. The lowest BCUT2D eigenvalue weighted by Crippen LogP contribution is -2.49. The van der Waals surface area contributed by atoms with E-state index in [4.69, 9.17) is 23.2 Å². The highest BCUT2D eigenvalue weighted by Gasteiger charge is 2.27. The van der Waals surface area contributed by atoms with Gasteiger partial charge in [0.15, 0.2) is 11.2 Å². The summed E-state index contributed by atoms with van der Waals surface area (Å²) in [5, 5.41) is 9.66. The fourth-order valence-electron chi connectivity index (χ4n) is 3.24. The fraction of sp³-hybridized carbons (Fsp3) is 0.294. The molecule has 0 saturated carbocycles. The highest BCUT2D eigenvalue weighted by molar-refractivity contribution is 6.32. The smallest absolute Gasteiger partial charge is 0.407 e. The van der Waals surface area contributed by atoms with Crippen molar-refractivity contribution < 1.29 is 9.90 Å². The van der Waals surface area contributed by atoms with Gasteiger partial charge in [0.1, 0.15) is 0 Å². The first-order chi connectivity index (χ1) is 13.4. The zero-order valence-corrected chi connectivity index (χ0v) is 16.4. The molecule has 0 radical (unpaired) electrons. The molecule has 0 atom stereocenters. The standard InChI is InChI=1S/C17H16Cl2N6O3/c1-22-14(26)12-13(20-15(22)19)21-16(23-6-8-24(9-7-23)17(27)28)25(12)11-5-3-2-4-10(11)18/h2-5H,6-9H2,1H3,(H,27,28). The van der Waals surface area contributed by atoms with Gasteiger partial charge in [0.25, 0.3) is 5.56 Å². The number of fused-ring (bicyclic) bond motifs is 1. The molecule has 1 aliphatic rings. The van der Waals surface area contributed by atoms with E-state index in [1.54, 1.807) is 22.8 Å². The summed E-state index contributed by atoms with van der Waals surface area (Å²) in [6.07, 6.45) is -0.957. The molecule has 0 bridgehead atoms. The average Bonchev–Trinajstić information content (AvgIpc) is 3.05. The van der Waals surface area contributed by atoms with Crippen LogP contribution in [0.25, 0.3) is 16.9 Å². The zero-order valence-electron chi connectivity index (χ0n) is 14.8. The molecular formula is C17H16Cl2N6O3. The summed E-state index contributed by atoms with van der Waals surface area (Å²) >= 11 is 12.5. The van der Waals surface area contributed by atoms with E-state index >= 15 is 0 Å². The molecular weight excluding hydrogens is 407 g/mol. The number of para-hydroxylation sites is 1. The summed E-state index contributed by atoms with van der Waals surface area (Å²) < 4.78 is 2.91. The highest BCUT2D eigenvalue weighted by Crippen LogP contribution is 2.30. The monoisotopic (exact) mass is 422 g/mol. The van der Waals surface area contributed by atoms with E-state index in [2.05, 4.69) is 9.97 Å². The summed E-state index contributed by atoms with van der Waals surface area (Å²) in [4.78, 5) is 36.1. The quantitative estimate of drug-likeness (QED) is 0.635. The topological polar surface area (TPSA) is 96.5 Å². The second kappa shape index (κ2) is 6.99. The van der Waals surface area contributed by atoms with Crippen LogP contribution in [0.1, 0.15) is 0 Å². The Morgan fingerprint density at radius 1 is 1.11 bits per heavy atom. The van der Waals surface area contributed by atoms with Crippen molar-refractivity contribution in [1.82, 2.24) is 24.0 Å². The van der Waals surface area contributed by atoms with Crippen molar-refractivity contribution in [2.75, 3.05) is 31.1 Å². The van der Waals surface area contributed by atoms with Crippen molar-refractivity contribution >= 4 is 46.4 Å². The number of aromatic nitrogens is 4. The number of hydrogen-bond donors (Lipinski definition) is 1. The molecule has 0 aliphatic carbocycles. The van der Waals surface area contributed by atoms with E-state index < -0.39 is 6.09 Å². The first-order valence-electron chi connectivity index (χ1n) is 8.51. The Hall–Kier alpha value is -2.78. The largest absolute Gasteiger partial charge is 0.465 e. The van der Waals surface area contributed by atoms with Crippen LogP contribution in [-0.4, -0.2) is 61.4 Å². The molecule has 28 heavy (non-hydrogen) atoms. The fourth-order valence-corrected chi connectivity index (χ4v) is 3.62. The number of amides is 1. The molecule has 1 fully saturated rings. The number of anilines is 1. The van der Waals surface area contributed by atoms with Crippen molar-refractivity contribution in [2.24, 2.45) is 7.05 Å². The first-order valence-corrected chi connectivity index (χ1v) is 9.26. The predicted octanol–water partition coefficient (Wildman–Crippen LogP) is 2.23. The summed E-state index contributed by atoms with van der Waals surface area (Å²) in [5.41, 5.74) is 0.709. The van der Waals surface area contributed by atoms with E-state index in [1.165, 1.54) is 16.5 Å². The molecule has 11 heteroatoms. The van der Waals surface area contributed by atoms with Crippen molar-refractivity contribution in [1.29, 1.82) is 0 Å². The Bertz CT molecular complexity index is 1130. The number of nitrogens with zero attached hydrogens (tertiary/aromatic N) is 6. The van der Waals surface area contributed by atoms with Crippen molar-refractivity contribution in [3.05, 3.63) is 44.9 Å². The van der Waals surface area contributed by atoms with Gasteiger partial charge >= 0.3 is 6.09 Å². The van der Waals surface area contributed by atoms with Crippen LogP contribution in [0.4, 0.5) is 10.7 Å². The maximum atomic E-state index is 12.9. The third kappa shape index (κ3) is 2.96. The Kier molecular flexibility index (Phi) is 4.64. The Balaban J connectivity index is 1.93. The van der Waals surface area contributed by atoms with Gasteiger partial charge in [0.2, 0.25) is 11.2 Å². The van der Waals surface area contributed by atoms with E-state index in [9.17, 15) is 14.7 Å². The molecule has 146 valence electrons. The molecule has 0 spiro atoms. The number of carboxylic acid groups (broad SMARTS) is 1. The minimum absolute atomic E-state index is 0.0311. The van der Waals surface area contributed by atoms with Crippen LogP contribution < -0.4 is 10.5 Å². The molecule has 1 amide bonds. The Labute approximate surface area is 169 Å². The van der Waals surface area contributed by atoms with Gasteiger partial charge in [-0.1, -0.05) is 23.7 Å². The van der Waals surface area contributed by atoms with Crippen molar-refractivity contribution in [3.8, 4) is 5.69 Å². The van der Waals surface area contributed by atoms with Gasteiger partial charge in [-0.05, 0) is 23.7 Å². The van der Waals surface area contributed by atoms with E-state index in [1.807, 2.05) is 11.0 Å². The zero-order chi connectivity index (χ0) is 20.0. The van der Waals surface area contributed by atoms with Gasteiger partial charge in [-0.15, -0.1) is 0 Å². The summed E-state index contributed by atoms with van der Waals surface area (Å²) in [6.45, 7) is 1.50. The normalized spacial score (nSPS) is 14.7. The summed E-state index contributed by atoms with van der Waals surface area (Å²) in [5.74, 6) is 0.472. The van der Waals surface area contributed by atoms with E-state index in [0.29, 0.717) is 42.8 Å². The number of imidazole rings is 1. The van der Waals surface area contributed by atoms with E-state index in [-0.39, 0.29) is 22.0 Å². The Morgan fingerprint density at radius 2 is 1.79 bits per heavy atom. The lowest BCUT2D eigenvalue weighted by Gasteiger charge is -2.34. The number of benzene rings is 1. The van der Waals surface area contributed by atoms with Crippen LogP contribution in [0.2, 0.25) is 10.3 Å². The minimum Gasteiger partial charge on any atom is -0.465 e. The summed E-state index contributed by atoms with van der Waals surface area (Å²) in [6, 6.07) is 7.12. The van der Waals surface area contributed by atoms with Crippen LogP contribution in [0.3, 0.4) is 0 Å². The number of halogens is 2. The number of rotatable bonds is 2. The van der Waals surface area contributed by atoms with Crippen molar-refractivity contribution in [2.45, 2.75) is 0 Å². The molecule has 4 rings (SSSR count). The maximum Gasteiger partial charge on any atom is 0.407 e. The van der Waals surface area contributed by atoms with Gasteiger partial charge in [-0.2, -0.15) is 9.97 Å². The van der Waals surface area contributed by atoms with Crippen LogP contribution in [0.5, 0.6) is 0 Å². The van der Waals surface area contributed by atoms with Gasteiger partial charge < -0.3 is 14.9 Å². The average molecular weight is 423 g/mol. The van der Waals surface area contributed by atoms with Gasteiger partial charge in [-0.3, -0.25) is 13.9 Å². The van der Waals surface area contributed by atoms with Crippen molar-refractivity contribution in [3.63, 3.8) is 0 Å². The maximum absolute atomic E-state index is 12.9. The molecule has 2 aromatic heterocycles. The SMILES string of the molecule is Cn1c(Cl)nc2nc(N3CCN(C(=O)O)CC3)n(-c3ccccc3Cl)c2c1=O. The second-order valence-electron chi connectivity index (χ2n) is 6.37. The van der Waals surface area contributed by atoms with Gasteiger partial charge in [0, 0.05) is 33.2 Å². The molecule has 3 heterocycles. The van der Waals surface area contributed by atoms with Crippen LogP contribution >= 0.6 is 23.2 Å². The van der Waals surface area contributed by atoms with Crippen LogP contribution in [0.15, 0.2) is 29.1 Å². The molecule has 3 aromatic rings. The van der Waals surface area contributed by atoms with E-state index in [0.717, 1.165) is 0 Å². The molecule has 1 aliphatic heterocycles. The summed E-state index contributed by atoms with van der Waals surface area (Å²) in [7, 11) is 1.53. The first kappa shape index (κ1) is 18.6. The second-order valence-corrected chi connectivity index (χ2v) is 7.12. The lowest BCUT2D eigenvalue weighted by atomic mass is 10.3. The number of piperazine rings is 1. The molecule has 1 aromatic carbocycles. The highest BCUT2D eigenvalue weighted by atomic mass is 35.5. The number of hydrogen-bond acceptors (Lipinski definition) is 5. The molecule has 0 unspecified atom stereocenters. The van der Waals surface area contributed by atoms with Gasteiger partial charge in [-0.25, -0.2) is 4.79 Å². The Morgan fingerprint density at radius 3 is 2.43 bits per heavy atom. The van der Waals surface area contributed by atoms with Crippen LogP contribution in [0, 0.1) is 0 Å². The van der Waals surface area contributed by atoms with Crippen LogP contribution in [-0.2, 0) is 7.05 Å². The lowest BCUT2D eigenvalue weighted by molar-refractivity contribution is 0.142. The van der Waals surface area contributed by atoms with Gasteiger partial charge in [0.05, 0.1) is 10.7 Å². The minimum atomic E-state index is -0.957. The molecule has 9 nitrogen and oxygen atoms in total. The third-order valence-corrected chi connectivity index (χ3v) is 5.41. The number of carbonyl (C=O) groups is 1. The third-order valence-electron chi connectivity index (χ3n) is 4.75.